The van der Waals surface area contributed by atoms with Crippen LogP contribution in [0.5, 0.6) is 5.75 Å². The molecule has 0 aromatic heterocycles. The van der Waals surface area contributed by atoms with Gasteiger partial charge < -0.3 is 15.5 Å². The number of carboxylic acid groups (broad SMARTS) is 1. The predicted octanol–water partition coefficient (Wildman–Crippen LogP) is 4.14. The number of hydrogen-bond acceptors (Lipinski definition) is 7. The Labute approximate surface area is 246 Å². The van der Waals surface area contributed by atoms with Gasteiger partial charge in [0.05, 0.1) is 26.2 Å². The van der Waals surface area contributed by atoms with Crippen LogP contribution in [0.2, 0.25) is 10.0 Å². The number of para-hydroxylation sites is 1. The zero-order valence-electron chi connectivity index (χ0n) is 21.2. The average molecular weight is 613 g/mol. The van der Waals surface area contributed by atoms with Crippen LogP contribution in [0.1, 0.15) is 44.7 Å². The van der Waals surface area contributed by atoms with Gasteiger partial charge in [0.1, 0.15) is 17.5 Å². The van der Waals surface area contributed by atoms with Gasteiger partial charge in [0.2, 0.25) is 0 Å². The highest BCUT2D eigenvalue weighted by Crippen LogP contribution is 2.30. The van der Waals surface area contributed by atoms with E-state index in [9.17, 15) is 33.6 Å². The Kier molecular flexibility index (Phi) is 9.07. The second kappa shape index (κ2) is 12.5. The summed E-state index contributed by atoms with van der Waals surface area (Å²) >= 11 is 12.6. The standard InChI is InChI=1S/C29H22Cl2N2O7S/c1-41(40)27-18-7-2-3-8-21(18)32-26(27)28(37)33-22(29(38)39)14-24(36)25-19(30)12-16(13-20(25)31)23(35)10-9-15-5-4-6-17(34)11-15/h2-8,11-13,22,34H,1,9-10,14H2,(H,33,37)(H,38,39). The number of benzene rings is 3. The van der Waals surface area contributed by atoms with E-state index in [1.165, 1.54) is 18.2 Å². The molecule has 3 N–H and O–H groups in total. The third-order valence-corrected chi connectivity index (χ3v) is 7.69. The zero-order valence-corrected chi connectivity index (χ0v) is 23.6. The van der Waals surface area contributed by atoms with Gasteiger partial charge in [-0.25, -0.2) is 14.0 Å². The number of Topliss-reactive ketones (excluding diaryl/α,β-unsaturated/α-hetero) is 2. The number of ketones is 2. The van der Waals surface area contributed by atoms with Crippen LogP contribution in [-0.4, -0.2) is 60.4 Å². The molecule has 0 aliphatic carbocycles. The number of nitrogens with one attached hydrogen (secondary N) is 1. The van der Waals surface area contributed by atoms with Gasteiger partial charge in [-0.15, -0.1) is 0 Å². The number of amides is 1. The number of aryl methyl sites for hydroxylation is 1. The van der Waals surface area contributed by atoms with E-state index in [1.54, 1.807) is 42.5 Å². The van der Waals surface area contributed by atoms with Gasteiger partial charge in [0, 0.05) is 33.9 Å². The summed E-state index contributed by atoms with van der Waals surface area (Å²) in [6.07, 6.45) is -0.282. The fourth-order valence-electron chi connectivity index (χ4n) is 4.28. The minimum absolute atomic E-state index is 0.0453. The molecule has 0 radical (unpaired) electrons. The second-order valence-corrected chi connectivity index (χ2v) is 11.0. The van der Waals surface area contributed by atoms with Crippen molar-refractivity contribution in [3.8, 4) is 5.75 Å². The molecule has 1 aliphatic heterocycles. The maximum absolute atomic E-state index is 13.1. The Morgan fingerprint density at radius 2 is 1.66 bits per heavy atom. The smallest absolute Gasteiger partial charge is 0.326 e. The summed E-state index contributed by atoms with van der Waals surface area (Å²) in [5.74, 6) is 0.000569. The number of carbonyl (C=O) groups excluding carboxylic acids is 3. The van der Waals surface area contributed by atoms with Crippen molar-refractivity contribution in [1.29, 1.82) is 0 Å². The Bertz CT molecular complexity index is 1750. The summed E-state index contributed by atoms with van der Waals surface area (Å²) < 4.78 is 12.3. The van der Waals surface area contributed by atoms with Gasteiger partial charge in [-0.05, 0) is 48.2 Å². The maximum Gasteiger partial charge on any atom is 0.326 e. The first-order valence-electron chi connectivity index (χ1n) is 12.1. The van der Waals surface area contributed by atoms with E-state index in [2.05, 4.69) is 16.2 Å². The van der Waals surface area contributed by atoms with E-state index < -0.39 is 40.1 Å². The largest absolute Gasteiger partial charge is 0.508 e. The van der Waals surface area contributed by atoms with Gasteiger partial charge in [0.25, 0.3) is 5.91 Å². The van der Waals surface area contributed by atoms with Crippen LogP contribution < -0.4 is 5.32 Å². The van der Waals surface area contributed by atoms with Crippen LogP contribution >= 0.6 is 23.2 Å². The third kappa shape index (κ3) is 6.74. The molecule has 4 rings (SSSR count). The van der Waals surface area contributed by atoms with Gasteiger partial charge in [-0.3, -0.25) is 14.4 Å². The molecular formula is C29H22Cl2N2O7S. The molecule has 1 amide bonds. The lowest BCUT2D eigenvalue weighted by Crippen LogP contribution is -2.46. The molecule has 0 saturated carbocycles. The molecule has 210 valence electrons. The second-order valence-electron chi connectivity index (χ2n) is 9.05. The molecule has 3 aromatic carbocycles. The number of carboxylic acids is 1. The third-order valence-electron chi connectivity index (χ3n) is 6.23. The molecule has 1 atom stereocenters. The number of aliphatic carboxylic acids is 1. The maximum atomic E-state index is 13.1. The molecule has 1 heterocycles. The molecule has 0 spiro atoms. The van der Waals surface area contributed by atoms with Crippen LogP contribution in [0.25, 0.3) is 0 Å². The average Bonchev–Trinajstić information content (AvgIpc) is 3.31. The van der Waals surface area contributed by atoms with Crippen molar-refractivity contribution in [2.45, 2.75) is 25.3 Å². The SMILES string of the molecule is C=S(=O)=C1C(C(=O)NC(CC(=O)c2c(Cl)cc(C(=O)CCc3cccc(O)c3)cc2Cl)C(=O)O)=Nc2ccccc21. The summed E-state index contributed by atoms with van der Waals surface area (Å²) in [6, 6.07) is 13.9. The summed E-state index contributed by atoms with van der Waals surface area (Å²) in [5, 5.41) is 21.3. The highest BCUT2D eigenvalue weighted by Gasteiger charge is 2.32. The minimum atomic E-state index is -1.86. The number of phenols is 1. The van der Waals surface area contributed by atoms with Crippen molar-refractivity contribution < 1.29 is 33.6 Å². The molecule has 1 aliphatic rings. The summed E-state index contributed by atoms with van der Waals surface area (Å²) in [5.41, 5.74) is 1.26. The highest BCUT2D eigenvalue weighted by atomic mass is 35.5. The topological polar surface area (TPSA) is 150 Å². The number of aromatic hydroxyl groups is 1. The van der Waals surface area contributed by atoms with Crippen LogP contribution in [0.15, 0.2) is 65.7 Å². The van der Waals surface area contributed by atoms with Crippen molar-refractivity contribution in [1.82, 2.24) is 5.32 Å². The van der Waals surface area contributed by atoms with E-state index in [1.807, 2.05) is 0 Å². The summed E-state index contributed by atoms with van der Waals surface area (Å²) in [7, 11) is -1.86. The van der Waals surface area contributed by atoms with Crippen LogP contribution in [-0.2, 0) is 26.0 Å². The van der Waals surface area contributed by atoms with Crippen molar-refractivity contribution in [3.05, 3.63) is 93.0 Å². The van der Waals surface area contributed by atoms with Crippen molar-refractivity contribution in [2.24, 2.45) is 4.99 Å². The first-order valence-corrected chi connectivity index (χ1v) is 14.2. The van der Waals surface area contributed by atoms with Crippen LogP contribution in [0.4, 0.5) is 5.69 Å². The Hall–Kier alpha value is -4.25. The number of carbonyl (C=O) groups is 4. The van der Waals surface area contributed by atoms with Gasteiger partial charge in [0.15, 0.2) is 11.6 Å². The first-order chi connectivity index (χ1) is 19.5. The number of fused-ring (bicyclic) bond motifs is 1. The van der Waals surface area contributed by atoms with Crippen molar-refractivity contribution >= 4 is 78.8 Å². The molecule has 0 saturated heterocycles. The van der Waals surface area contributed by atoms with E-state index in [4.69, 9.17) is 23.2 Å². The van der Waals surface area contributed by atoms with E-state index in [0.717, 1.165) is 5.56 Å². The molecule has 3 aromatic rings. The number of phenolic OH excluding ortho intramolecular Hbond substituents is 1. The Balaban J connectivity index is 1.49. The molecule has 0 fully saturated rings. The fourth-order valence-corrected chi connectivity index (χ4v) is 5.74. The van der Waals surface area contributed by atoms with Crippen LogP contribution in [0, 0.1) is 0 Å². The molecule has 9 nitrogen and oxygen atoms in total. The molecule has 41 heavy (non-hydrogen) atoms. The quantitative estimate of drug-likeness (QED) is 0.230. The van der Waals surface area contributed by atoms with Gasteiger partial charge >= 0.3 is 5.97 Å². The molecule has 0 bridgehead atoms. The van der Waals surface area contributed by atoms with E-state index >= 15 is 0 Å². The lowest BCUT2D eigenvalue weighted by atomic mass is 9.98. The number of hydrogen-bond donors (Lipinski definition) is 3. The van der Waals surface area contributed by atoms with Crippen molar-refractivity contribution in [3.63, 3.8) is 0 Å². The number of rotatable bonds is 10. The van der Waals surface area contributed by atoms with Crippen molar-refractivity contribution in [2.75, 3.05) is 0 Å². The zero-order chi connectivity index (χ0) is 29.8. The Morgan fingerprint density at radius 1 is 0.976 bits per heavy atom. The molecule has 1 unspecified atom stereocenters. The summed E-state index contributed by atoms with van der Waals surface area (Å²) in [6.45, 7) is 0. The predicted molar refractivity (Wildman–Crippen MR) is 159 cm³/mol. The number of aliphatic imine (C=N–C) groups is 1. The fraction of sp³-hybridized carbons (Fsp3) is 0.138. The molecular weight excluding hydrogens is 591 g/mol. The minimum Gasteiger partial charge on any atom is -0.508 e. The van der Waals surface area contributed by atoms with Gasteiger partial charge in [-0.1, -0.05) is 53.5 Å². The van der Waals surface area contributed by atoms with E-state index in [-0.39, 0.29) is 49.7 Å². The first kappa shape index (κ1) is 29.7. The lowest BCUT2D eigenvalue weighted by Gasteiger charge is -2.15. The Morgan fingerprint density at radius 3 is 2.29 bits per heavy atom. The van der Waals surface area contributed by atoms with E-state index in [0.29, 0.717) is 17.7 Å². The molecule has 12 heteroatoms. The highest BCUT2D eigenvalue weighted by molar-refractivity contribution is 7.85. The van der Waals surface area contributed by atoms with Gasteiger partial charge in [-0.2, -0.15) is 0 Å². The number of nitrogens with zero attached hydrogens (tertiary/aromatic N) is 1. The monoisotopic (exact) mass is 612 g/mol. The summed E-state index contributed by atoms with van der Waals surface area (Å²) in [4.78, 5) is 55.0. The lowest BCUT2D eigenvalue weighted by molar-refractivity contribution is -0.140. The number of halogens is 2. The normalized spacial score (nSPS) is 12.7. The van der Waals surface area contributed by atoms with Crippen LogP contribution in [0.3, 0.4) is 0 Å².